The Hall–Kier alpha value is -3.73. The number of aromatic nitrogens is 2. The van der Waals surface area contributed by atoms with Crippen molar-refractivity contribution in [2.75, 3.05) is 0 Å². The quantitative estimate of drug-likeness (QED) is 0.524. The smallest absolute Gasteiger partial charge is 0.250 e. The molecule has 4 rings (SSSR count). The SMILES string of the molecule is CC.NC(=O)c1cccnc1COc1cc(-c2ccccc2)cc2ncccc12. The van der Waals surface area contributed by atoms with E-state index in [-0.39, 0.29) is 6.61 Å². The highest BCUT2D eigenvalue weighted by Crippen LogP contribution is 2.32. The summed E-state index contributed by atoms with van der Waals surface area (Å²) in [7, 11) is 0. The largest absolute Gasteiger partial charge is 0.487 e. The second-order valence-corrected chi connectivity index (χ2v) is 6.06. The van der Waals surface area contributed by atoms with Crippen molar-refractivity contribution in [1.82, 2.24) is 9.97 Å². The van der Waals surface area contributed by atoms with E-state index in [1.807, 2.05) is 68.4 Å². The fourth-order valence-electron chi connectivity index (χ4n) is 2.99. The van der Waals surface area contributed by atoms with E-state index in [1.54, 1.807) is 24.5 Å². The van der Waals surface area contributed by atoms with Gasteiger partial charge in [0.25, 0.3) is 5.91 Å². The van der Waals surface area contributed by atoms with Crippen LogP contribution in [0.5, 0.6) is 5.75 Å². The highest BCUT2D eigenvalue weighted by molar-refractivity contribution is 5.94. The molecule has 146 valence electrons. The number of nitrogens with two attached hydrogens (primary N) is 1. The molecule has 0 aliphatic rings. The monoisotopic (exact) mass is 385 g/mol. The van der Waals surface area contributed by atoms with E-state index < -0.39 is 5.91 Å². The number of hydrogen-bond donors (Lipinski definition) is 1. The van der Waals surface area contributed by atoms with Crippen molar-refractivity contribution in [2.24, 2.45) is 5.73 Å². The van der Waals surface area contributed by atoms with E-state index in [4.69, 9.17) is 10.5 Å². The molecular formula is C24H23N3O2. The van der Waals surface area contributed by atoms with Crippen LogP contribution in [-0.4, -0.2) is 15.9 Å². The van der Waals surface area contributed by atoms with Gasteiger partial charge in [0.1, 0.15) is 12.4 Å². The summed E-state index contributed by atoms with van der Waals surface area (Å²) in [4.78, 5) is 20.3. The number of amides is 1. The fraction of sp³-hybridized carbons (Fsp3) is 0.125. The Morgan fingerprint density at radius 2 is 1.62 bits per heavy atom. The molecule has 2 aromatic heterocycles. The second-order valence-electron chi connectivity index (χ2n) is 6.06. The number of fused-ring (bicyclic) bond motifs is 1. The van der Waals surface area contributed by atoms with Gasteiger partial charge >= 0.3 is 0 Å². The van der Waals surface area contributed by atoms with Crippen LogP contribution in [-0.2, 0) is 6.61 Å². The van der Waals surface area contributed by atoms with Gasteiger partial charge in [0, 0.05) is 17.8 Å². The van der Waals surface area contributed by atoms with Crippen molar-refractivity contribution in [3.8, 4) is 16.9 Å². The van der Waals surface area contributed by atoms with E-state index in [0.717, 1.165) is 22.0 Å². The van der Waals surface area contributed by atoms with Gasteiger partial charge in [-0.2, -0.15) is 0 Å². The molecule has 0 spiro atoms. The molecule has 2 N–H and O–H groups in total. The number of hydrogen-bond acceptors (Lipinski definition) is 4. The molecular weight excluding hydrogens is 362 g/mol. The first-order valence-electron chi connectivity index (χ1n) is 9.53. The first kappa shape index (κ1) is 20.0. The predicted octanol–water partition coefficient (Wildman–Crippen LogP) is 5.00. The van der Waals surface area contributed by atoms with Crippen LogP contribution in [0.15, 0.2) is 79.1 Å². The summed E-state index contributed by atoms with van der Waals surface area (Å²) >= 11 is 0. The van der Waals surface area contributed by atoms with Crippen LogP contribution in [0.3, 0.4) is 0 Å². The lowest BCUT2D eigenvalue weighted by atomic mass is 10.0. The topological polar surface area (TPSA) is 78.1 Å². The Balaban J connectivity index is 0.00000117. The maximum atomic E-state index is 11.6. The minimum atomic E-state index is -0.522. The van der Waals surface area contributed by atoms with E-state index >= 15 is 0 Å². The van der Waals surface area contributed by atoms with Gasteiger partial charge in [-0.25, -0.2) is 0 Å². The highest BCUT2D eigenvalue weighted by Gasteiger charge is 2.12. The van der Waals surface area contributed by atoms with Gasteiger partial charge in [0.05, 0.1) is 16.8 Å². The highest BCUT2D eigenvalue weighted by atomic mass is 16.5. The molecule has 0 atom stereocenters. The summed E-state index contributed by atoms with van der Waals surface area (Å²) in [6.07, 6.45) is 3.37. The summed E-state index contributed by atoms with van der Waals surface area (Å²) in [5, 5.41) is 0.897. The fourth-order valence-corrected chi connectivity index (χ4v) is 2.99. The number of benzene rings is 2. The number of primary amides is 1. The van der Waals surface area contributed by atoms with Gasteiger partial charge < -0.3 is 10.5 Å². The standard InChI is InChI=1S/C22H17N3O2.C2H6/c23-22(26)18-9-5-11-25-20(18)14-27-21-13-16(15-6-2-1-3-7-15)12-19-17(21)8-4-10-24-19;1-2/h1-13H,14H2,(H2,23,26);1-2H3. The second kappa shape index (κ2) is 9.46. The molecule has 0 aliphatic heterocycles. The third-order valence-corrected chi connectivity index (χ3v) is 4.31. The lowest BCUT2D eigenvalue weighted by Crippen LogP contribution is -2.15. The molecule has 0 saturated heterocycles. The predicted molar refractivity (Wildman–Crippen MR) is 116 cm³/mol. The Morgan fingerprint density at radius 1 is 0.897 bits per heavy atom. The molecule has 0 unspecified atom stereocenters. The summed E-state index contributed by atoms with van der Waals surface area (Å²) < 4.78 is 6.05. The molecule has 2 heterocycles. The summed E-state index contributed by atoms with van der Waals surface area (Å²) in [5.74, 6) is 0.159. The zero-order chi connectivity index (χ0) is 20.6. The van der Waals surface area contributed by atoms with Crippen molar-refractivity contribution in [3.63, 3.8) is 0 Å². The van der Waals surface area contributed by atoms with Crippen LogP contribution in [0, 0.1) is 0 Å². The molecule has 29 heavy (non-hydrogen) atoms. The number of carbonyl (C=O) groups is 1. The Bertz CT molecular complexity index is 1110. The minimum Gasteiger partial charge on any atom is -0.487 e. The van der Waals surface area contributed by atoms with Crippen molar-refractivity contribution in [3.05, 3.63) is 90.4 Å². The molecule has 0 radical (unpaired) electrons. The minimum absolute atomic E-state index is 0.140. The van der Waals surface area contributed by atoms with Gasteiger partial charge in [-0.05, 0) is 47.5 Å². The molecule has 0 bridgehead atoms. The van der Waals surface area contributed by atoms with E-state index in [1.165, 1.54) is 0 Å². The first-order chi connectivity index (χ1) is 14.2. The molecule has 4 aromatic rings. The lowest BCUT2D eigenvalue weighted by Gasteiger charge is -2.12. The normalized spacial score (nSPS) is 10.1. The van der Waals surface area contributed by atoms with Crippen LogP contribution < -0.4 is 10.5 Å². The average Bonchev–Trinajstić information content (AvgIpc) is 2.79. The average molecular weight is 385 g/mol. The van der Waals surface area contributed by atoms with Gasteiger partial charge in [-0.1, -0.05) is 44.2 Å². The maximum Gasteiger partial charge on any atom is 0.250 e. The number of ether oxygens (including phenoxy) is 1. The van der Waals surface area contributed by atoms with E-state index in [2.05, 4.69) is 9.97 Å². The van der Waals surface area contributed by atoms with Crippen LogP contribution >= 0.6 is 0 Å². The van der Waals surface area contributed by atoms with Gasteiger partial charge in [-0.3, -0.25) is 14.8 Å². The molecule has 5 nitrogen and oxygen atoms in total. The van der Waals surface area contributed by atoms with Crippen LogP contribution in [0.2, 0.25) is 0 Å². The van der Waals surface area contributed by atoms with Crippen molar-refractivity contribution in [1.29, 1.82) is 0 Å². The van der Waals surface area contributed by atoms with Crippen LogP contribution in [0.4, 0.5) is 0 Å². The molecule has 0 aliphatic carbocycles. The van der Waals surface area contributed by atoms with Gasteiger partial charge in [-0.15, -0.1) is 0 Å². The molecule has 0 fully saturated rings. The molecule has 2 aromatic carbocycles. The zero-order valence-corrected chi connectivity index (χ0v) is 16.5. The number of pyridine rings is 2. The van der Waals surface area contributed by atoms with E-state index in [0.29, 0.717) is 17.0 Å². The molecule has 5 heteroatoms. The molecule has 1 amide bonds. The first-order valence-corrected chi connectivity index (χ1v) is 9.53. The van der Waals surface area contributed by atoms with Crippen LogP contribution in [0.25, 0.3) is 22.0 Å². The van der Waals surface area contributed by atoms with Crippen molar-refractivity contribution in [2.45, 2.75) is 20.5 Å². The summed E-state index contributed by atoms with van der Waals surface area (Å²) in [5.41, 5.74) is 9.22. The van der Waals surface area contributed by atoms with Crippen molar-refractivity contribution >= 4 is 16.8 Å². The maximum absolute atomic E-state index is 11.6. The van der Waals surface area contributed by atoms with Crippen LogP contribution in [0.1, 0.15) is 29.9 Å². The molecule has 0 saturated carbocycles. The van der Waals surface area contributed by atoms with E-state index in [9.17, 15) is 4.79 Å². The Morgan fingerprint density at radius 3 is 2.38 bits per heavy atom. The van der Waals surface area contributed by atoms with Crippen molar-refractivity contribution < 1.29 is 9.53 Å². The van der Waals surface area contributed by atoms with Gasteiger partial charge in [0.2, 0.25) is 0 Å². The Labute approximate surface area is 170 Å². The van der Waals surface area contributed by atoms with Gasteiger partial charge in [0.15, 0.2) is 0 Å². The number of rotatable bonds is 5. The summed E-state index contributed by atoms with van der Waals surface area (Å²) in [6.45, 7) is 4.14. The third-order valence-electron chi connectivity index (χ3n) is 4.31. The Kier molecular flexibility index (Phi) is 6.53. The zero-order valence-electron chi connectivity index (χ0n) is 16.5. The summed E-state index contributed by atoms with van der Waals surface area (Å²) in [6, 6.07) is 21.2. The number of carbonyl (C=O) groups excluding carboxylic acids is 1. The third kappa shape index (κ3) is 4.58. The lowest BCUT2D eigenvalue weighted by molar-refractivity contribution is 0.0997. The number of nitrogens with zero attached hydrogens (tertiary/aromatic N) is 2.